The van der Waals surface area contributed by atoms with Gasteiger partial charge in [-0.25, -0.2) is 38.9 Å². The maximum absolute atomic E-state index is 13.7. The number of carboxylic acids is 3. The van der Waals surface area contributed by atoms with Gasteiger partial charge in [0.2, 0.25) is 34.7 Å². The van der Waals surface area contributed by atoms with Crippen LogP contribution in [0, 0.1) is 21.7 Å². The number of aliphatic carboxylic acids is 3. The van der Waals surface area contributed by atoms with Crippen LogP contribution < -0.4 is 36.3 Å². The Morgan fingerprint density at radius 3 is 1.12 bits per heavy atom. The molecule has 9 heterocycles. The smallest absolute Gasteiger partial charge is 0.352 e. The number of pyridine rings is 5. The molecule has 8 aromatic heterocycles. The van der Waals surface area contributed by atoms with Crippen molar-refractivity contribution in [2.75, 3.05) is 20.2 Å². The molecule has 0 saturated carbocycles. The first-order valence-electron chi connectivity index (χ1n) is 39.8. The molecular formula is C86H95N17O19. The van der Waals surface area contributed by atoms with Crippen LogP contribution in [0.1, 0.15) is 131 Å². The molecule has 1 fully saturated rings. The Labute approximate surface area is 698 Å². The van der Waals surface area contributed by atoms with Crippen molar-refractivity contribution in [3.63, 3.8) is 0 Å². The van der Waals surface area contributed by atoms with Crippen LogP contribution in [0.25, 0.3) is 77.6 Å². The van der Waals surface area contributed by atoms with Gasteiger partial charge >= 0.3 is 41.8 Å². The fraction of sp³-hybridized carbons (Fsp3) is 0.360. The fourth-order valence-electron chi connectivity index (χ4n) is 14.4. The van der Waals surface area contributed by atoms with Crippen LogP contribution in [0.4, 0.5) is 0 Å². The van der Waals surface area contributed by atoms with Gasteiger partial charge in [0.25, 0.3) is 11.1 Å². The zero-order valence-electron chi connectivity index (χ0n) is 69.2. The highest BCUT2D eigenvalue weighted by molar-refractivity contribution is 6.07. The van der Waals surface area contributed by atoms with Crippen molar-refractivity contribution in [2.24, 2.45) is 35.8 Å². The number of hydrogen-bond donors (Lipinski definition) is 5. The largest absolute Gasteiger partial charge is 0.480 e. The third-order valence-electron chi connectivity index (χ3n) is 22.6. The summed E-state index contributed by atoms with van der Waals surface area (Å²) in [6, 6.07) is 41.1. The molecule has 0 radical (unpaired) electrons. The van der Waals surface area contributed by atoms with Gasteiger partial charge < -0.3 is 59.2 Å². The molecule has 0 spiro atoms. The summed E-state index contributed by atoms with van der Waals surface area (Å²) in [6.45, 7) is 14.7. The second-order valence-corrected chi connectivity index (χ2v) is 29.0. The van der Waals surface area contributed by atoms with E-state index in [0.717, 1.165) is 54.7 Å². The lowest BCUT2D eigenvalue weighted by Crippen LogP contribution is -2.55. The van der Waals surface area contributed by atoms with E-state index in [1.165, 1.54) is 25.7 Å². The Balaban J connectivity index is 0.000000183. The Kier molecular flexibility index (Phi) is 29.1. The Hall–Kier alpha value is -14.4. The summed E-state index contributed by atoms with van der Waals surface area (Å²) in [5.41, 5.74) is 1.32. The quantitative estimate of drug-likeness (QED) is 0.0168. The van der Waals surface area contributed by atoms with Crippen molar-refractivity contribution in [3.8, 4) is 22.3 Å². The highest BCUT2D eigenvalue weighted by Crippen LogP contribution is 2.35. The highest BCUT2D eigenvalue weighted by Gasteiger charge is 2.50. The molecule has 1 aliphatic heterocycles. The van der Waals surface area contributed by atoms with E-state index in [2.05, 4.69) is 56.5 Å². The van der Waals surface area contributed by atoms with Crippen LogP contribution in [0.3, 0.4) is 0 Å². The molecule has 5 N–H and O–H groups in total. The van der Waals surface area contributed by atoms with Crippen molar-refractivity contribution in [2.45, 2.75) is 145 Å². The lowest BCUT2D eigenvalue weighted by molar-refractivity contribution is -0.175. The number of nitrogens with one attached hydrogen (secondary N) is 2. The number of aryl methyl sites for hydroxylation is 2. The Morgan fingerprint density at radius 2 is 0.779 bits per heavy atom. The van der Waals surface area contributed by atoms with E-state index in [4.69, 9.17) is 29.5 Å². The van der Waals surface area contributed by atoms with Gasteiger partial charge in [-0.15, -0.1) is 15.3 Å². The van der Waals surface area contributed by atoms with Crippen LogP contribution in [-0.2, 0) is 79.6 Å². The van der Waals surface area contributed by atoms with Crippen molar-refractivity contribution >= 4 is 115 Å². The number of esters is 1. The van der Waals surface area contributed by atoms with Gasteiger partial charge in [-0.2, -0.15) is 0 Å². The maximum Gasteiger partial charge on any atom is 0.352 e. The standard InChI is InChI=1S/C32H32N6O6.C30H35N3O5.C17H16N8O4.C7H12O4/c1-5-32(6-2,31(42)44-38-27-24(35-36-38)11-9-17-33-27)30(41)34-25(29(40)43-4)18-20-13-15-21(16-14-20)23-19-22-10-7-8-12-26(22)37(3)28(23)39;1-4-30(5-2,29(38)33-16-8-9-17-33)28(37)31-24(27(35)36)18-20-12-14-21(15-13-20)23-19-22-10-6-7-11-25(22)32(3)26(23)34;1-3-17(4-2,15(26)28-24-13-11(20-22-24)7-5-9-18-13)16(27)29-25-14-12(21-23-25)8-6-10-19-14;1-3-7(4-2,5(8)9)6(10)11/h7-17,19,25H,5-6,18H2,1-4H3,(H,34,41);6-7,10-15,19,24H,4-5,8-9,16-18H2,1-3H3,(H,31,37)(H,35,36);5-10H,3-4H2,1-2H3;3-4H2,1-2H3,(H,8,9)(H,10,11)/t25-;24-;;/m00../s1. The number of methoxy groups -OCH3 is 1. The highest BCUT2D eigenvalue weighted by atomic mass is 16.7. The van der Waals surface area contributed by atoms with E-state index in [1.54, 1.807) is 168 Å². The number of rotatable bonds is 29. The molecule has 12 aromatic rings. The van der Waals surface area contributed by atoms with Crippen molar-refractivity contribution in [1.82, 2.24) is 85.1 Å². The topological polar surface area (TPSA) is 470 Å². The normalized spacial score (nSPS) is 12.7. The molecule has 36 nitrogen and oxygen atoms in total. The van der Waals surface area contributed by atoms with E-state index < -0.39 is 87.3 Å². The van der Waals surface area contributed by atoms with E-state index in [0.29, 0.717) is 70.3 Å². The minimum absolute atomic E-state index is 0.0541. The molecule has 1 saturated heterocycles. The summed E-state index contributed by atoms with van der Waals surface area (Å²) in [6.07, 6.45) is 7.78. The van der Waals surface area contributed by atoms with Crippen LogP contribution in [0.2, 0.25) is 0 Å². The second-order valence-electron chi connectivity index (χ2n) is 29.0. The molecule has 638 valence electrons. The lowest BCUT2D eigenvalue weighted by atomic mass is 9.79. The lowest BCUT2D eigenvalue weighted by Gasteiger charge is -2.34. The molecule has 13 rings (SSSR count). The van der Waals surface area contributed by atoms with Gasteiger partial charge in [0.15, 0.2) is 10.8 Å². The summed E-state index contributed by atoms with van der Waals surface area (Å²) < 4.78 is 8.21. The maximum atomic E-state index is 13.7. The first-order valence-corrected chi connectivity index (χ1v) is 39.8. The zero-order valence-corrected chi connectivity index (χ0v) is 69.2. The summed E-state index contributed by atoms with van der Waals surface area (Å²) in [5.74, 6) is -8.34. The number of carbonyl (C=O) groups is 10. The first kappa shape index (κ1) is 90.0. The van der Waals surface area contributed by atoms with Crippen LogP contribution in [0.15, 0.2) is 174 Å². The van der Waals surface area contributed by atoms with Gasteiger partial charge in [0.1, 0.15) is 39.5 Å². The monoisotopic (exact) mass is 1670 g/mol. The van der Waals surface area contributed by atoms with Crippen molar-refractivity contribution in [1.29, 1.82) is 0 Å². The summed E-state index contributed by atoms with van der Waals surface area (Å²) in [4.78, 5) is 185. The zero-order chi connectivity index (χ0) is 88.4. The predicted octanol–water partition coefficient (Wildman–Crippen LogP) is 8.10. The number of carbonyl (C=O) groups excluding carboxylic acids is 7. The van der Waals surface area contributed by atoms with E-state index in [9.17, 15) is 62.6 Å². The number of hydrogen-bond acceptors (Lipinski definition) is 25. The van der Waals surface area contributed by atoms with Crippen LogP contribution in [-0.4, -0.2) is 182 Å². The molecular weight excluding hydrogens is 1580 g/mol. The number of para-hydroxylation sites is 2. The SMILES string of the molecule is CCC(CC)(C(=O)N[C@@H](Cc1ccc(-c2cc3ccccc3n(C)c2=O)cc1)C(=O)O)C(=O)N1CCCC1.CCC(CC)(C(=O)N[C@@H](Cc1ccc(-c2cc3ccccc3n(C)c2=O)cc1)C(=O)OC)C(=O)On1nnc2cccnc21.CCC(CC)(C(=O)O)C(=O)O.CCC(CC)(C(=O)On1nnc2cccnc21)C(=O)On1nnc2cccnc21. The van der Waals surface area contributed by atoms with Crippen LogP contribution >= 0.6 is 0 Å². The summed E-state index contributed by atoms with van der Waals surface area (Å²) in [5, 5.41) is 57.4. The number of aromatic nitrogens is 14. The predicted molar refractivity (Wildman–Crippen MR) is 444 cm³/mol. The third-order valence-corrected chi connectivity index (χ3v) is 22.6. The van der Waals surface area contributed by atoms with Gasteiger partial charge in [-0.05, 0) is 188 Å². The van der Waals surface area contributed by atoms with E-state index in [-0.39, 0.29) is 85.3 Å². The van der Waals surface area contributed by atoms with Gasteiger partial charge in [0.05, 0.1) is 18.1 Å². The summed E-state index contributed by atoms with van der Waals surface area (Å²) in [7, 11) is 4.70. The van der Waals surface area contributed by atoms with Crippen molar-refractivity contribution < 1.29 is 82.5 Å². The molecule has 2 atom stereocenters. The number of carboxylic acid groups (broad SMARTS) is 3. The van der Waals surface area contributed by atoms with E-state index in [1.807, 2.05) is 60.7 Å². The molecule has 0 aliphatic carbocycles. The Bertz CT molecular complexity index is 5870. The molecule has 3 amide bonds. The number of ether oxygens (including phenoxy) is 1. The minimum Gasteiger partial charge on any atom is -0.480 e. The molecule has 0 bridgehead atoms. The number of benzene rings is 4. The Morgan fingerprint density at radius 1 is 0.434 bits per heavy atom. The number of fused-ring (bicyclic) bond motifs is 5. The van der Waals surface area contributed by atoms with Crippen molar-refractivity contribution in [3.05, 3.63) is 196 Å². The average Bonchev–Trinajstić information content (AvgIpc) is 1.20. The molecule has 1 aliphatic rings. The van der Waals surface area contributed by atoms with Crippen LogP contribution in [0.5, 0.6) is 0 Å². The molecule has 4 aromatic carbocycles. The third kappa shape index (κ3) is 18.7. The average molecular weight is 1670 g/mol. The molecule has 36 heteroatoms. The summed E-state index contributed by atoms with van der Waals surface area (Å²) >= 11 is 0. The molecule has 122 heavy (non-hydrogen) atoms. The van der Waals surface area contributed by atoms with Gasteiger partial charge in [0, 0.05) is 69.7 Å². The fourth-order valence-corrected chi connectivity index (χ4v) is 14.4. The minimum atomic E-state index is -1.63. The number of likely N-dealkylation sites (tertiary alicyclic amines) is 1. The first-order chi connectivity index (χ1) is 58.5. The molecule has 0 unspecified atom stereocenters. The second kappa shape index (κ2) is 39.5. The number of amides is 3. The van der Waals surface area contributed by atoms with Gasteiger partial charge in [-0.1, -0.05) is 140 Å². The van der Waals surface area contributed by atoms with Gasteiger partial charge in [-0.3, -0.25) is 33.6 Å². The number of nitrogens with zero attached hydrogens (tertiary/aromatic N) is 15. The van der Waals surface area contributed by atoms with E-state index >= 15 is 0 Å².